The number of rotatable bonds is 11. The number of nitrogens with two attached hydrogens (primary N) is 2. The topological polar surface area (TPSA) is 207 Å². The maximum Gasteiger partial charge on any atom is 0.380 e. The third kappa shape index (κ3) is 6.28. The molecule has 6 N–H and O–H groups in total. The van der Waals surface area contributed by atoms with Crippen LogP contribution in [0.15, 0.2) is 41.5 Å². The fourth-order valence-corrected chi connectivity index (χ4v) is 6.66. The summed E-state index contributed by atoms with van der Waals surface area (Å²) in [6.07, 6.45) is -5.20. The zero-order valence-electron chi connectivity index (χ0n) is 23.0. The summed E-state index contributed by atoms with van der Waals surface area (Å²) < 4.78 is 52.6. The zero-order valence-corrected chi connectivity index (χ0v) is 23.9. The number of benzene rings is 1. The molecular weight excluding hydrogens is 562 g/mol. The first-order valence-electron chi connectivity index (χ1n) is 12.9. The highest BCUT2D eigenvalue weighted by molar-refractivity contribution is 7.54. The predicted octanol–water partition coefficient (Wildman–Crippen LogP) is 1.89. The average Bonchev–Trinajstić information content (AvgIpc) is 3.42. The van der Waals surface area contributed by atoms with E-state index >= 15 is 0 Å². The standard InChI is InChI=1S/C25H34FN6O8P/c1-13(2)37-22(35)14(3)10-41(36,40-16-8-6-5-7-9-16)39-15(4)18-19(33)25(28,11-26)23(38-18)32-12-29-17-20(32)30-24(27)31-21(17)34/h5-9,12-15,18-19,23,33H,10-11,28H2,1-4H3,(H3,27,30,31,34)/t14-,15-,18-,19+,23-,25?,41+/m1/s1. The summed E-state index contributed by atoms with van der Waals surface area (Å²) in [6.45, 7) is 5.09. The molecule has 16 heteroatoms. The van der Waals surface area contributed by atoms with Gasteiger partial charge in [-0.1, -0.05) is 25.1 Å². The van der Waals surface area contributed by atoms with Crippen molar-refractivity contribution in [1.29, 1.82) is 0 Å². The molecule has 3 heterocycles. The second-order valence-corrected chi connectivity index (χ2v) is 12.3. The number of nitrogens with zero attached hydrogens (tertiary/aromatic N) is 3. The van der Waals surface area contributed by atoms with Crippen molar-refractivity contribution in [3.63, 3.8) is 0 Å². The van der Waals surface area contributed by atoms with Crippen LogP contribution in [0.5, 0.6) is 5.75 Å². The van der Waals surface area contributed by atoms with Crippen molar-refractivity contribution in [2.24, 2.45) is 11.7 Å². The van der Waals surface area contributed by atoms with Crippen molar-refractivity contribution < 1.29 is 37.4 Å². The molecule has 1 aliphatic heterocycles. The van der Waals surface area contributed by atoms with Crippen LogP contribution in [0.3, 0.4) is 0 Å². The first-order chi connectivity index (χ1) is 19.3. The number of halogens is 1. The number of H-pyrrole nitrogens is 1. The van der Waals surface area contributed by atoms with E-state index in [1.165, 1.54) is 24.7 Å². The van der Waals surface area contributed by atoms with Crippen molar-refractivity contribution in [3.8, 4) is 5.75 Å². The van der Waals surface area contributed by atoms with Crippen molar-refractivity contribution >= 4 is 30.7 Å². The van der Waals surface area contributed by atoms with E-state index in [0.29, 0.717) is 0 Å². The number of anilines is 1. The molecule has 1 aliphatic rings. The van der Waals surface area contributed by atoms with Crippen LogP contribution in [0.1, 0.15) is 33.9 Å². The van der Waals surface area contributed by atoms with Crippen LogP contribution >= 0.6 is 7.60 Å². The van der Waals surface area contributed by atoms with E-state index in [4.69, 9.17) is 30.0 Å². The lowest BCUT2D eigenvalue weighted by Gasteiger charge is -2.31. The highest BCUT2D eigenvalue weighted by atomic mass is 31.2. The SMILES string of the molecule is CC(C)OC(=O)[C@H](C)C[P@@](=O)(Oc1ccccc1)O[C@H](C)[C@H]1O[C@@H](n2cnc3c(=O)[nH]c(N)nc32)C(N)(CF)[C@H]1O. The molecule has 41 heavy (non-hydrogen) atoms. The smallest absolute Gasteiger partial charge is 0.380 e. The van der Waals surface area contributed by atoms with Gasteiger partial charge in [-0.3, -0.25) is 23.7 Å². The van der Waals surface area contributed by atoms with Crippen LogP contribution < -0.4 is 21.6 Å². The Morgan fingerprint density at radius 3 is 2.61 bits per heavy atom. The second-order valence-electron chi connectivity index (χ2n) is 10.3. The Hall–Kier alpha value is -3.36. The van der Waals surface area contributed by atoms with Crippen LogP contribution in [0.25, 0.3) is 11.2 Å². The van der Waals surface area contributed by atoms with Crippen LogP contribution in [0.2, 0.25) is 0 Å². The number of carbonyl (C=O) groups is 1. The number of ether oxygens (including phenoxy) is 2. The number of imidazole rings is 1. The fraction of sp³-hybridized carbons (Fsp3) is 0.520. The molecule has 3 aromatic rings. The normalized spacial score (nSPS) is 25.6. The van der Waals surface area contributed by atoms with E-state index in [0.717, 1.165) is 0 Å². The number of carbonyl (C=O) groups excluding carboxylic acids is 1. The Bertz CT molecular complexity index is 1490. The summed E-state index contributed by atoms with van der Waals surface area (Å²) in [5.74, 6) is -1.48. The molecule has 7 atom stereocenters. The lowest BCUT2D eigenvalue weighted by Crippen LogP contribution is -2.57. The fourth-order valence-electron chi connectivity index (χ4n) is 4.57. The minimum atomic E-state index is -4.13. The van der Waals surface area contributed by atoms with Crippen LogP contribution in [0, 0.1) is 5.92 Å². The van der Waals surface area contributed by atoms with Crippen LogP contribution in [0.4, 0.5) is 10.3 Å². The molecule has 0 radical (unpaired) electrons. The van der Waals surface area contributed by atoms with Gasteiger partial charge in [0.2, 0.25) is 5.95 Å². The number of esters is 1. The molecule has 0 aliphatic carbocycles. The Balaban J connectivity index is 1.63. The Kier molecular flexibility index (Phi) is 8.85. The van der Waals surface area contributed by atoms with Gasteiger partial charge in [0.15, 0.2) is 17.4 Å². The number of aliphatic hydroxyl groups excluding tert-OH is 1. The molecule has 1 fully saturated rings. The summed E-state index contributed by atoms with van der Waals surface area (Å²) in [5.41, 5.74) is 9.17. The number of aromatic amines is 1. The number of nitrogen functional groups attached to an aromatic ring is 1. The number of nitrogens with one attached hydrogen (secondary N) is 1. The maximum atomic E-state index is 14.5. The van der Waals surface area contributed by atoms with Crippen LogP contribution in [-0.4, -0.2) is 73.4 Å². The molecule has 224 valence electrons. The van der Waals surface area contributed by atoms with Crippen molar-refractivity contribution in [2.75, 3.05) is 18.6 Å². The predicted molar refractivity (Wildman–Crippen MR) is 146 cm³/mol. The maximum absolute atomic E-state index is 14.5. The van der Waals surface area contributed by atoms with E-state index < -0.39 is 67.9 Å². The molecule has 0 saturated carbocycles. The molecule has 1 aromatic carbocycles. The van der Waals surface area contributed by atoms with Gasteiger partial charge >= 0.3 is 13.6 Å². The average molecular weight is 597 g/mol. The number of aliphatic hydroxyl groups is 1. The van der Waals surface area contributed by atoms with Gasteiger partial charge in [-0.15, -0.1) is 0 Å². The number of hydrogen-bond acceptors (Lipinski definition) is 12. The van der Waals surface area contributed by atoms with Gasteiger partial charge in [0.25, 0.3) is 5.56 Å². The highest BCUT2D eigenvalue weighted by Crippen LogP contribution is 2.53. The number of fused-ring (bicyclic) bond motifs is 1. The zero-order chi connectivity index (χ0) is 30.1. The molecule has 2 aromatic heterocycles. The summed E-state index contributed by atoms with van der Waals surface area (Å²) in [6, 6.07) is 8.19. The quantitative estimate of drug-likeness (QED) is 0.185. The first-order valence-corrected chi connectivity index (χ1v) is 14.6. The molecule has 1 saturated heterocycles. The van der Waals surface area contributed by atoms with Crippen molar-refractivity contribution in [1.82, 2.24) is 19.5 Å². The van der Waals surface area contributed by atoms with Gasteiger partial charge in [-0.25, -0.2) is 13.9 Å². The summed E-state index contributed by atoms with van der Waals surface area (Å²) in [7, 11) is -4.13. The number of aromatic nitrogens is 4. The van der Waals surface area contributed by atoms with E-state index in [9.17, 15) is 23.7 Å². The van der Waals surface area contributed by atoms with Gasteiger partial charge in [0.1, 0.15) is 30.2 Å². The molecule has 0 amide bonds. The molecule has 1 unspecified atom stereocenters. The minimum Gasteiger partial charge on any atom is -0.463 e. The summed E-state index contributed by atoms with van der Waals surface area (Å²) in [5, 5.41) is 11.2. The van der Waals surface area contributed by atoms with Crippen molar-refractivity contribution in [3.05, 3.63) is 47.0 Å². The molecule has 4 rings (SSSR count). The Labute approximate surface area is 234 Å². The van der Waals surface area contributed by atoms with Gasteiger partial charge in [0, 0.05) is 0 Å². The summed E-state index contributed by atoms with van der Waals surface area (Å²) >= 11 is 0. The van der Waals surface area contributed by atoms with E-state index in [1.54, 1.807) is 44.2 Å². The van der Waals surface area contributed by atoms with Gasteiger partial charge in [-0.05, 0) is 32.9 Å². The third-order valence-corrected chi connectivity index (χ3v) is 8.71. The second kappa shape index (κ2) is 11.9. The van der Waals surface area contributed by atoms with E-state index in [-0.39, 0.29) is 29.0 Å². The largest absolute Gasteiger partial charge is 0.463 e. The molecule has 0 spiro atoms. The molecule has 0 bridgehead atoms. The van der Waals surface area contributed by atoms with Gasteiger partial charge < -0.3 is 30.6 Å². The minimum absolute atomic E-state index is 0.0449. The van der Waals surface area contributed by atoms with Gasteiger partial charge in [0.05, 0.1) is 30.6 Å². The van der Waals surface area contributed by atoms with E-state index in [2.05, 4.69) is 15.0 Å². The Morgan fingerprint density at radius 2 is 1.98 bits per heavy atom. The van der Waals surface area contributed by atoms with Crippen LogP contribution in [-0.2, 0) is 23.4 Å². The third-order valence-electron chi connectivity index (χ3n) is 6.57. The number of para-hydroxylation sites is 1. The number of alkyl halides is 1. The van der Waals surface area contributed by atoms with Gasteiger partial charge in [-0.2, -0.15) is 4.98 Å². The van der Waals surface area contributed by atoms with E-state index in [1.807, 2.05) is 0 Å². The summed E-state index contributed by atoms with van der Waals surface area (Å²) in [4.78, 5) is 35.1. The first kappa shape index (κ1) is 30.6. The Morgan fingerprint density at radius 1 is 1.29 bits per heavy atom. The highest BCUT2D eigenvalue weighted by Gasteiger charge is 2.58. The monoisotopic (exact) mass is 596 g/mol. The molecular formula is C25H34FN6O8P. The number of hydrogen-bond donors (Lipinski definition) is 4. The lowest BCUT2D eigenvalue weighted by atomic mass is 9.91. The molecule has 14 nitrogen and oxygen atoms in total. The van der Waals surface area contributed by atoms with Crippen molar-refractivity contribution in [2.45, 2.75) is 63.9 Å². The lowest BCUT2D eigenvalue weighted by molar-refractivity contribution is -0.151.